The molecule has 1 aromatic rings. The summed E-state index contributed by atoms with van der Waals surface area (Å²) >= 11 is 0. The first-order valence-electron chi connectivity index (χ1n) is 4.70. The van der Waals surface area contributed by atoms with E-state index in [2.05, 4.69) is 0 Å². The van der Waals surface area contributed by atoms with Gasteiger partial charge in [-0.3, -0.25) is 20.0 Å². The number of nitro groups is 1. The van der Waals surface area contributed by atoms with Gasteiger partial charge in [-0.2, -0.15) is 0 Å². The maximum Gasteiger partial charge on any atom is 0.673 e. The molecule has 0 amide bonds. The van der Waals surface area contributed by atoms with Crippen LogP contribution in [0.3, 0.4) is 0 Å². The van der Waals surface area contributed by atoms with Gasteiger partial charge in [-0.25, -0.2) is 0 Å². The summed E-state index contributed by atoms with van der Waals surface area (Å²) in [6.45, 7) is 0.490. The predicted octanol–water partition coefficient (Wildman–Crippen LogP) is 2.78. The van der Waals surface area contributed by atoms with E-state index in [1.54, 1.807) is 18.2 Å². The summed E-state index contributed by atoms with van der Waals surface area (Å²) in [5.74, 6) is 0. The Labute approximate surface area is 99.2 Å². The molecule has 0 spiro atoms. The van der Waals surface area contributed by atoms with Gasteiger partial charge in [0.2, 0.25) is 0 Å². The number of rotatable bonds is 1. The molecule has 0 radical (unpaired) electrons. The number of nitro benzene ring substituents is 1. The highest BCUT2D eigenvalue weighted by Gasteiger charge is 2.21. The summed E-state index contributed by atoms with van der Waals surface area (Å²) in [5, 5.41) is 12.0. The van der Waals surface area contributed by atoms with Crippen LogP contribution in [0.1, 0.15) is 5.56 Å². The van der Waals surface area contributed by atoms with Crippen LogP contribution in [0.2, 0.25) is 0 Å². The van der Waals surface area contributed by atoms with Crippen molar-refractivity contribution in [3.63, 3.8) is 0 Å². The van der Waals surface area contributed by atoms with Crippen molar-refractivity contribution in [2.45, 2.75) is 6.61 Å². The largest absolute Gasteiger partial charge is 0.673 e. The zero-order valence-corrected chi connectivity index (χ0v) is 9.15. The first-order chi connectivity index (χ1) is 8.18. The molecule has 2 rings (SSSR count). The van der Waals surface area contributed by atoms with Gasteiger partial charge in [0.25, 0.3) is 5.69 Å². The van der Waals surface area contributed by atoms with E-state index in [1.165, 1.54) is 12.1 Å². The first-order valence-corrected chi connectivity index (χ1v) is 4.70. The van der Waals surface area contributed by atoms with E-state index in [4.69, 9.17) is 4.84 Å². The standard InChI is InChI=1S/C8H8N2O3.BF4/c1-9-8-4-7(10(11)12)3-2-6(8)5-13-9;2-1(3,4)5/h2-4H,5H2,1H3;/q;-1. The second kappa shape index (κ2) is 5.21. The van der Waals surface area contributed by atoms with Crippen LogP contribution >= 0.6 is 0 Å². The highest BCUT2D eigenvalue weighted by atomic mass is 19.5. The van der Waals surface area contributed by atoms with Crippen molar-refractivity contribution in [2.24, 2.45) is 0 Å². The number of anilines is 1. The fourth-order valence-corrected chi connectivity index (χ4v) is 1.32. The molecule has 1 aliphatic rings. The van der Waals surface area contributed by atoms with Crippen LogP contribution in [0.25, 0.3) is 0 Å². The highest BCUT2D eigenvalue weighted by Crippen LogP contribution is 2.30. The number of non-ortho nitro benzene ring substituents is 1. The van der Waals surface area contributed by atoms with Crippen molar-refractivity contribution in [2.75, 3.05) is 12.1 Å². The van der Waals surface area contributed by atoms with Gasteiger partial charge in [-0.05, 0) is 6.07 Å². The molecule has 10 heteroatoms. The minimum Gasteiger partial charge on any atom is -0.418 e. The highest BCUT2D eigenvalue weighted by molar-refractivity contribution is 6.50. The quantitative estimate of drug-likeness (QED) is 0.340. The summed E-state index contributed by atoms with van der Waals surface area (Å²) in [4.78, 5) is 15.2. The van der Waals surface area contributed by atoms with E-state index in [0.717, 1.165) is 11.3 Å². The van der Waals surface area contributed by atoms with E-state index >= 15 is 0 Å². The fourth-order valence-electron chi connectivity index (χ4n) is 1.32. The van der Waals surface area contributed by atoms with Gasteiger partial charge >= 0.3 is 7.25 Å². The maximum absolute atomic E-state index is 10.5. The summed E-state index contributed by atoms with van der Waals surface area (Å²) in [6, 6.07) is 4.72. The molecule has 0 aromatic heterocycles. The monoisotopic (exact) mass is 267 g/mol. The lowest BCUT2D eigenvalue weighted by atomic mass is 10.2. The minimum atomic E-state index is -6.00. The molecule has 5 nitrogen and oxygen atoms in total. The van der Waals surface area contributed by atoms with Crippen molar-refractivity contribution in [3.05, 3.63) is 33.9 Å². The van der Waals surface area contributed by atoms with Gasteiger partial charge in [0.05, 0.1) is 10.6 Å². The van der Waals surface area contributed by atoms with Gasteiger partial charge in [0, 0.05) is 24.7 Å². The number of hydrogen-bond donors (Lipinski definition) is 0. The minimum absolute atomic E-state index is 0.0936. The number of fused-ring (bicyclic) bond motifs is 1. The van der Waals surface area contributed by atoms with Gasteiger partial charge in [-0.15, -0.1) is 0 Å². The normalized spacial score (nSPS) is 13.7. The van der Waals surface area contributed by atoms with Crippen LogP contribution in [0.4, 0.5) is 28.6 Å². The summed E-state index contributed by atoms with van der Waals surface area (Å²) < 4.78 is 39.0. The molecule has 0 bridgehead atoms. The van der Waals surface area contributed by atoms with Crippen molar-refractivity contribution >= 4 is 18.6 Å². The van der Waals surface area contributed by atoms with Crippen LogP contribution in [0.5, 0.6) is 0 Å². The third-order valence-corrected chi connectivity index (χ3v) is 2.03. The lowest BCUT2D eigenvalue weighted by Gasteiger charge is -2.08. The van der Waals surface area contributed by atoms with Crippen LogP contribution in [0, 0.1) is 10.1 Å². The summed E-state index contributed by atoms with van der Waals surface area (Å²) in [5.41, 5.74) is 1.85. The van der Waals surface area contributed by atoms with Crippen molar-refractivity contribution < 1.29 is 27.0 Å². The number of hydrogen-bond acceptors (Lipinski definition) is 4. The van der Waals surface area contributed by atoms with Crippen LogP contribution in [-0.2, 0) is 11.4 Å². The predicted molar refractivity (Wildman–Crippen MR) is 56.5 cm³/mol. The topological polar surface area (TPSA) is 55.6 Å². The molecule has 0 saturated heterocycles. The Morgan fingerprint density at radius 3 is 2.44 bits per heavy atom. The van der Waals surface area contributed by atoms with Crippen molar-refractivity contribution in [3.8, 4) is 0 Å². The van der Waals surface area contributed by atoms with Gasteiger partial charge in [-0.1, -0.05) is 0 Å². The molecule has 0 unspecified atom stereocenters. The molecule has 100 valence electrons. The lowest BCUT2D eigenvalue weighted by Crippen LogP contribution is -2.09. The molecule has 0 atom stereocenters. The third kappa shape index (κ3) is 4.20. The smallest absolute Gasteiger partial charge is 0.418 e. The average Bonchev–Trinajstić information content (AvgIpc) is 2.57. The SMILES string of the molecule is CN1OCc2ccc([N+](=O)[O-])cc21.F[B-](F)(F)F. The van der Waals surface area contributed by atoms with E-state index in [0.29, 0.717) is 6.61 Å². The molecule has 1 aromatic carbocycles. The Bertz CT molecular complexity index is 448. The Hall–Kier alpha value is -1.84. The number of halogens is 4. The van der Waals surface area contributed by atoms with Gasteiger partial charge < -0.3 is 17.3 Å². The number of hydroxylamine groups is 1. The Balaban J connectivity index is 0.000000280. The second-order valence-electron chi connectivity index (χ2n) is 3.34. The molecule has 18 heavy (non-hydrogen) atoms. The second-order valence-corrected chi connectivity index (χ2v) is 3.34. The van der Waals surface area contributed by atoms with Gasteiger partial charge in [0.15, 0.2) is 0 Å². The molecule has 0 fully saturated rings. The summed E-state index contributed by atoms with van der Waals surface area (Å²) in [6.07, 6.45) is 0. The Morgan fingerprint density at radius 2 is 1.94 bits per heavy atom. The Kier molecular flexibility index (Phi) is 4.12. The lowest BCUT2D eigenvalue weighted by molar-refractivity contribution is -0.384. The summed E-state index contributed by atoms with van der Waals surface area (Å²) in [7, 11) is -4.27. The Morgan fingerprint density at radius 1 is 1.39 bits per heavy atom. The molecule has 1 aliphatic heterocycles. The van der Waals surface area contributed by atoms with Crippen molar-refractivity contribution in [1.82, 2.24) is 0 Å². The van der Waals surface area contributed by atoms with Crippen LogP contribution in [0.15, 0.2) is 18.2 Å². The molecule has 0 N–H and O–H groups in total. The molecular formula is C8H8BF4N2O3-. The van der Waals surface area contributed by atoms with E-state index in [9.17, 15) is 27.4 Å². The first kappa shape index (κ1) is 14.2. The van der Waals surface area contributed by atoms with Gasteiger partial charge in [0.1, 0.15) is 6.61 Å². The molecule has 0 aliphatic carbocycles. The zero-order chi connectivity index (χ0) is 13.9. The molecular weight excluding hydrogens is 259 g/mol. The van der Waals surface area contributed by atoms with E-state index in [1.807, 2.05) is 0 Å². The zero-order valence-electron chi connectivity index (χ0n) is 9.15. The molecule has 0 saturated carbocycles. The number of nitrogens with zero attached hydrogens (tertiary/aromatic N) is 2. The molecule has 1 heterocycles. The fraction of sp³-hybridized carbons (Fsp3) is 0.250. The third-order valence-electron chi connectivity index (χ3n) is 2.03. The van der Waals surface area contributed by atoms with E-state index in [-0.39, 0.29) is 5.69 Å². The maximum atomic E-state index is 10.5. The van der Waals surface area contributed by atoms with Crippen LogP contribution < -0.4 is 5.06 Å². The van der Waals surface area contributed by atoms with Crippen LogP contribution in [-0.4, -0.2) is 19.2 Å². The number of benzene rings is 1. The van der Waals surface area contributed by atoms with E-state index < -0.39 is 12.2 Å². The average molecular weight is 267 g/mol. The van der Waals surface area contributed by atoms with Crippen molar-refractivity contribution in [1.29, 1.82) is 0 Å².